The number of hydrogen-bond donors (Lipinski definition) is 2. The molecular formula is C19H22ClFN2O2. The van der Waals surface area contributed by atoms with E-state index < -0.39 is 0 Å². The Morgan fingerprint density at radius 3 is 2.76 bits per heavy atom. The lowest BCUT2D eigenvalue weighted by molar-refractivity contribution is -0.120. The number of benzene rings is 2. The van der Waals surface area contributed by atoms with Crippen molar-refractivity contribution in [1.82, 2.24) is 0 Å². The molecular weight excluding hydrogens is 343 g/mol. The zero-order valence-corrected chi connectivity index (χ0v) is 14.6. The van der Waals surface area contributed by atoms with Crippen LogP contribution in [0.15, 0.2) is 48.5 Å². The van der Waals surface area contributed by atoms with E-state index in [0.29, 0.717) is 23.7 Å². The quantitative estimate of drug-likeness (QED) is 0.828. The van der Waals surface area contributed by atoms with Gasteiger partial charge < -0.3 is 15.8 Å². The molecule has 2 aromatic rings. The van der Waals surface area contributed by atoms with Gasteiger partial charge in [0.25, 0.3) is 0 Å². The van der Waals surface area contributed by atoms with Crippen molar-refractivity contribution in [3.05, 3.63) is 54.3 Å². The second kappa shape index (κ2) is 8.83. The molecule has 3 N–H and O–H groups in total. The van der Waals surface area contributed by atoms with Gasteiger partial charge >= 0.3 is 0 Å². The van der Waals surface area contributed by atoms with Gasteiger partial charge in [0, 0.05) is 12.0 Å². The van der Waals surface area contributed by atoms with Crippen LogP contribution in [0.4, 0.5) is 10.1 Å². The molecule has 1 amide bonds. The Kier molecular flexibility index (Phi) is 6.79. The summed E-state index contributed by atoms with van der Waals surface area (Å²) in [5.41, 5.74) is 6.34. The zero-order valence-electron chi connectivity index (χ0n) is 13.8. The molecule has 1 fully saturated rings. The highest BCUT2D eigenvalue weighted by Gasteiger charge is 2.32. The third-order valence-corrected chi connectivity index (χ3v) is 4.47. The molecule has 25 heavy (non-hydrogen) atoms. The fraction of sp³-hybridized carbons (Fsp3) is 0.316. The number of anilines is 1. The average molecular weight is 365 g/mol. The molecule has 0 heterocycles. The molecule has 0 aromatic heterocycles. The highest BCUT2D eigenvalue weighted by Crippen LogP contribution is 2.34. The number of halogens is 2. The Hall–Kier alpha value is -2.11. The van der Waals surface area contributed by atoms with E-state index >= 15 is 0 Å². The topological polar surface area (TPSA) is 64.4 Å². The SMILES string of the molecule is Cl.NC[C@H]1CCC[C@H]1C(=O)Nc1ccccc1Oc1cccc(F)c1. The predicted octanol–water partition coefficient (Wildman–Crippen LogP) is 4.35. The fourth-order valence-corrected chi connectivity index (χ4v) is 3.21. The van der Waals surface area contributed by atoms with Crippen LogP contribution in [0.3, 0.4) is 0 Å². The molecule has 0 bridgehead atoms. The Morgan fingerprint density at radius 1 is 1.20 bits per heavy atom. The van der Waals surface area contributed by atoms with Gasteiger partial charge in [0.1, 0.15) is 11.6 Å². The van der Waals surface area contributed by atoms with E-state index in [1.807, 2.05) is 12.1 Å². The third-order valence-electron chi connectivity index (χ3n) is 4.47. The van der Waals surface area contributed by atoms with Crippen molar-refractivity contribution in [1.29, 1.82) is 0 Å². The van der Waals surface area contributed by atoms with Crippen molar-refractivity contribution in [3.8, 4) is 11.5 Å². The van der Waals surface area contributed by atoms with Crippen molar-refractivity contribution in [2.24, 2.45) is 17.6 Å². The van der Waals surface area contributed by atoms with Crippen LogP contribution < -0.4 is 15.8 Å². The highest BCUT2D eigenvalue weighted by molar-refractivity contribution is 5.94. The summed E-state index contributed by atoms with van der Waals surface area (Å²) in [6, 6.07) is 13.1. The molecule has 2 atom stereocenters. The van der Waals surface area contributed by atoms with Gasteiger partial charge in [0.2, 0.25) is 5.91 Å². The number of para-hydroxylation sites is 2. The molecule has 0 radical (unpaired) electrons. The van der Waals surface area contributed by atoms with E-state index in [1.54, 1.807) is 24.3 Å². The van der Waals surface area contributed by atoms with Gasteiger partial charge in [-0.15, -0.1) is 12.4 Å². The summed E-state index contributed by atoms with van der Waals surface area (Å²) in [5.74, 6) is 0.652. The lowest BCUT2D eigenvalue weighted by Gasteiger charge is -2.18. The second-order valence-electron chi connectivity index (χ2n) is 6.08. The number of carbonyl (C=O) groups excluding carboxylic acids is 1. The van der Waals surface area contributed by atoms with E-state index in [1.165, 1.54) is 12.1 Å². The number of ether oxygens (including phenoxy) is 1. The third kappa shape index (κ3) is 4.71. The normalized spacial score (nSPS) is 19.1. The van der Waals surface area contributed by atoms with Crippen LogP contribution in [0.25, 0.3) is 0 Å². The van der Waals surface area contributed by atoms with Crippen molar-refractivity contribution in [3.63, 3.8) is 0 Å². The Bertz CT molecular complexity index is 726. The fourth-order valence-electron chi connectivity index (χ4n) is 3.21. The molecule has 1 saturated carbocycles. The molecule has 3 rings (SSSR count). The largest absolute Gasteiger partial charge is 0.455 e. The maximum atomic E-state index is 13.3. The number of rotatable bonds is 5. The van der Waals surface area contributed by atoms with Crippen LogP contribution in [-0.2, 0) is 4.79 Å². The van der Waals surface area contributed by atoms with Crippen LogP contribution in [0, 0.1) is 17.7 Å². The van der Waals surface area contributed by atoms with Gasteiger partial charge in [-0.2, -0.15) is 0 Å². The molecule has 0 unspecified atom stereocenters. The monoisotopic (exact) mass is 364 g/mol. The smallest absolute Gasteiger partial charge is 0.227 e. The number of carbonyl (C=O) groups is 1. The summed E-state index contributed by atoms with van der Waals surface area (Å²) in [6.07, 6.45) is 2.89. The first-order chi connectivity index (χ1) is 11.7. The van der Waals surface area contributed by atoms with E-state index in [0.717, 1.165) is 19.3 Å². The van der Waals surface area contributed by atoms with Crippen LogP contribution in [0.5, 0.6) is 11.5 Å². The number of nitrogens with one attached hydrogen (secondary N) is 1. The molecule has 134 valence electrons. The number of hydrogen-bond acceptors (Lipinski definition) is 3. The Balaban J connectivity index is 0.00000225. The zero-order chi connectivity index (χ0) is 16.9. The predicted molar refractivity (Wildman–Crippen MR) is 98.7 cm³/mol. The van der Waals surface area contributed by atoms with Crippen molar-refractivity contribution in [2.45, 2.75) is 19.3 Å². The maximum Gasteiger partial charge on any atom is 0.227 e. The molecule has 0 saturated heterocycles. The molecule has 1 aliphatic carbocycles. The highest BCUT2D eigenvalue weighted by atomic mass is 35.5. The molecule has 0 aliphatic heterocycles. The lowest BCUT2D eigenvalue weighted by Crippen LogP contribution is -2.29. The summed E-state index contributed by atoms with van der Waals surface area (Å²) >= 11 is 0. The molecule has 4 nitrogen and oxygen atoms in total. The van der Waals surface area contributed by atoms with Crippen LogP contribution >= 0.6 is 12.4 Å². The van der Waals surface area contributed by atoms with Gasteiger partial charge in [-0.3, -0.25) is 4.79 Å². The van der Waals surface area contributed by atoms with Gasteiger partial charge in [-0.1, -0.05) is 24.6 Å². The average Bonchev–Trinajstić information content (AvgIpc) is 3.05. The first-order valence-corrected chi connectivity index (χ1v) is 8.21. The van der Waals surface area contributed by atoms with Crippen molar-refractivity contribution in [2.75, 3.05) is 11.9 Å². The van der Waals surface area contributed by atoms with Gasteiger partial charge in [-0.05, 0) is 49.6 Å². The molecule has 6 heteroatoms. The Morgan fingerprint density at radius 2 is 2.00 bits per heavy atom. The van der Waals surface area contributed by atoms with E-state index in [2.05, 4.69) is 5.32 Å². The maximum absolute atomic E-state index is 13.3. The van der Waals surface area contributed by atoms with Crippen molar-refractivity contribution < 1.29 is 13.9 Å². The van der Waals surface area contributed by atoms with Gasteiger partial charge in [0.15, 0.2) is 5.75 Å². The van der Waals surface area contributed by atoms with E-state index in [9.17, 15) is 9.18 Å². The molecule has 1 aliphatic rings. The summed E-state index contributed by atoms with van der Waals surface area (Å²) in [6.45, 7) is 0.527. The minimum Gasteiger partial charge on any atom is -0.455 e. The standard InChI is InChI=1S/C19H21FN2O2.ClH/c20-14-6-4-7-15(11-14)24-18-10-2-1-9-17(18)22-19(23)16-8-3-5-13(16)12-21;/h1-2,4,6-7,9-11,13,16H,3,5,8,12,21H2,(H,22,23);1H/t13-,16-;/m1./s1. The van der Waals surface area contributed by atoms with Crippen LogP contribution in [0.2, 0.25) is 0 Å². The minimum absolute atomic E-state index is 0. The van der Waals surface area contributed by atoms with Gasteiger partial charge in [0.05, 0.1) is 5.69 Å². The molecule has 2 aromatic carbocycles. The van der Waals surface area contributed by atoms with Crippen LogP contribution in [-0.4, -0.2) is 12.5 Å². The summed E-state index contributed by atoms with van der Waals surface area (Å²) in [7, 11) is 0. The summed E-state index contributed by atoms with van der Waals surface area (Å²) < 4.78 is 19.0. The van der Waals surface area contributed by atoms with Crippen molar-refractivity contribution >= 4 is 24.0 Å². The van der Waals surface area contributed by atoms with E-state index in [-0.39, 0.29) is 36.0 Å². The van der Waals surface area contributed by atoms with E-state index in [4.69, 9.17) is 10.5 Å². The summed E-state index contributed by atoms with van der Waals surface area (Å²) in [5, 5.41) is 2.94. The first-order valence-electron chi connectivity index (χ1n) is 8.21. The molecule has 0 spiro atoms. The minimum atomic E-state index is -0.370. The lowest BCUT2D eigenvalue weighted by atomic mass is 9.95. The van der Waals surface area contributed by atoms with Crippen LogP contribution in [0.1, 0.15) is 19.3 Å². The first kappa shape index (κ1) is 19.2. The summed E-state index contributed by atoms with van der Waals surface area (Å²) in [4.78, 5) is 12.6. The number of nitrogens with two attached hydrogens (primary N) is 1. The number of amides is 1. The van der Waals surface area contributed by atoms with Gasteiger partial charge in [-0.25, -0.2) is 4.39 Å². The Labute approximate surface area is 153 Å². The second-order valence-corrected chi connectivity index (χ2v) is 6.08.